The van der Waals surface area contributed by atoms with Crippen LogP contribution in [0.5, 0.6) is 0 Å². The lowest BCUT2D eigenvalue weighted by molar-refractivity contribution is 0.0286. The number of carbonyl (C=O) groups excluding carboxylic acids is 2. The number of hydrogen-bond donors (Lipinski definition) is 2. The number of benzene rings is 2. The van der Waals surface area contributed by atoms with Crippen LogP contribution < -0.4 is 5.32 Å². The Bertz CT molecular complexity index is 1210. The largest absolute Gasteiger partial charge is 0.390 e. The lowest BCUT2D eigenvalue weighted by Gasteiger charge is -2.48. The second-order valence-corrected chi connectivity index (χ2v) is 12.5. The third-order valence-electron chi connectivity index (χ3n) is 9.61. The fraction of sp³-hybridized carbons (Fsp3) is 0.548. The Labute approximate surface area is 220 Å². The molecular weight excluding hydrogens is 462 g/mol. The van der Waals surface area contributed by atoms with Gasteiger partial charge in [-0.25, -0.2) is 0 Å². The van der Waals surface area contributed by atoms with Gasteiger partial charge in [0.05, 0.1) is 6.10 Å². The molecule has 3 heterocycles. The summed E-state index contributed by atoms with van der Waals surface area (Å²) in [6, 6.07) is 13.8. The molecule has 2 aromatic rings. The van der Waals surface area contributed by atoms with E-state index in [1.165, 1.54) is 30.4 Å². The van der Waals surface area contributed by atoms with Crippen molar-refractivity contribution >= 4 is 11.8 Å². The number of fused-ring (bicyclic) bond motifs is 2. The molecule has 0 radical (unpaired) electrons. The SMILES string of the molecule is CC1(C)CN(C[C@@H](O)[C@@H]2Cc3ccccc3CN2)C(=O)c2ccc(C(=O)N3CCC4(CCC4)CC3)cc21. The minimum atomic E-state index is -0.659. The van der Waals surface area contributed by atoms with Crippen LogP contribution in [0.4, 0.5) is 0 Å². The van der Waals surface area contributed by atoms with Crippen LogP contribution in [0.2, 0.25) is 0 Å². The summed E-state index contributed by atoms with van der Waals surface area (Å²) >= 11 is 0. The maximum absolute atomic E-state index is 13.5. The number of carbonyl (C=O) groups is 2. The van der Waals surface area contributed by atoms with E-state index in [-0.39, 0.29) is 29.8 Å². The molecule has 1 saturated heterocycles. The van der Waals surface area contributed by atoms with Crippen molar-refractivity contribution in [3.63, 3.8) is 0 Å². The summed E-state index contributed by atoms with van der Waals surface area (Å²) in [6.07, 6.45) is 6.30. The van der Waals surface area contributed by atoms with E-state index in [1.54, 1.807) is 4.90 Å². The molecule has 1 spiro atoms. The minimum Gasteiger partial charge on any atom is -0.390 e. The number of nitrogens with one attached hydrogen (secondary N) is 1. The number of piperidine rings is 1. The highest BCUT2D eigenvalue weighted by molar-refractivity contribution is 6.00. The van der Waals surface area contributed by atoms with Gasteiger partial charge < -0.3 is 20.2 Å². The molecule has 6 heteroatoms. The Kier molecular flexibility index (Phi) is 6.15. The number of hydrogen-bond acceptors (Lipinski definition) is 4. The number of nitrogens with zero attached hydrogens (tertiary/aromatic N) is 2. The van der Waals surface area contributed by atoms with Crippen LogP contribution in [-0.4, -0.2) is 65.0 Å². The first-order valence-corrected chi connectivity index (χ1v) is 14.0. The molecule has 6 nitrogen and oxygen atoms in total. The van der Waals surface area contributed by atoms with E-state index in [0.29, 0.717) is 23.1 Å². The highest BCUT2D eigenvalue weighted by Crippen LogP contribution is 2.49. The molecule has 0 aromatic heterocycles. The monoisotopic (exact) mass is 501 g/mol. The molecule has 196 valence electrons. The molecule has 2 N–H and O–H groups in total. The Morgan fingerprint density at radius 3 is 2.51 bits per heavy atom. The Balaban J connectivity index is 1.15. The van der Waals surface area contributed by atoms with Crippen LogP contribution >= 0.6 is 0 Å². The van der Waals surface area contributed by atoms with Crippen molar-refractivity contribution in [3.05, 3.63) is 70.3 Å². The van der Waals surface area contributed by atoms with E-state index in [2.05, 4.69) is 31.3 Å². The molecule has 1 aliphatic carbocycles. The van der Waals surface area contributed by atoms with E-state index in [4.69, 9.17) is 0 Å². The lowest BCUT2D eigenvalue weighted by atomic mass is 9.63. The smallest absolute Gasteiger partial charge is 0.254 e. The molecule has 2 atom stereocenters. The standard InChI is InChI=1S/C31H39N3O3/c1-30(2)20-34(19-27(35)26-17-21-6-3-4-7-23(21)18-32-26)29(37)24-9-8-22(16-25(24)30)28(36)33-14-12-31(13-15-33)10-5-11-31/h3-4,6-9,16,26-27,32,35H,5,10-15,17-20H2,1-2H3/t26-,27+/m0/s1. The summed E-state index contributed by atoms with van der Waals surface area (Å²) in [6.45, 7) is 7.47. The Hall–Kier alpha value is -2.70. The second-order valence-electron chi connectivity index (χ2n) is 12.5. The normalized spacial score (nSPS) is 24.7. The molecule has 37 heavy (non-hydrogen) atoms. The average Bonchev–Trinajstić information content (AvgIpc) is 2.89. The highest BCUT2D eigenvalue weighted by atomic mass is 16.3. The number of aliphatic hydroxyl groups is 1. The number of amides is 2. The van der Waals surface area contributed by atoms with Crippen molar-refractivity contribution in [2.75, 3.05) is 26.2 Å². The van der Waals surface area contributed by atoms with Gasteiger partial charge in [-0.2, -0.15) is 0 Å². The molecule has 2 fully saturated rings. The Morgan fingerprint density at radius 1 is 1.08 bits per heavy atom. The highest BCUT2D eigenvalue weighted by Gasteiger charge is 2.42. The molecule has 0 bridgehead atoms. The molecule has 2 amide bonds. The zero-order chi connectivity index (χ0) is 25.8. The summed E-state index contributed by atoms with van der Waals surface area (Å²) < 4.78 is 0. The van der Waals surface area contributed by atoms with Gasteiger partial charge in [-0.3, -0.25) is 9.59 Å². The van der Waals surface area contributed by atoms with Gasteiger partial charge in [0.15, 0.2) is 0 Å². The fourth-order valence-corrected chi connectivity index (χ4v) is 7.02. The first-order chi connectivity index (χ1) is 17.7. The molecule has 3 aliphatic heterocycles. The van der Waals surface area contributed by atoms with Crippen LogP contribution in [0.1, 0.15) is 83.4 Å². The summed E-state index contributed by atoms with van der Waals surface area (Å²) in [5.74, 6) is 0.0233. The van der Waals surface area contributed by atoms with Crippen molar-refractivity contribution in [3.8, 4) is 0 Å². The molecule has 0 unspecified atom stereocenters. The van der Waals surface area contributed by atoms with E-state index in [9.17, 15) is 14.7 Å². The molecule has 1 saturated carbocycles. The van der Waals surface area contributed by atoms with E-state index >= 15 is 0 Å². The molecular formula is C31H39N3O3. The topological polar surface area (TPSA) is 72.9 Å². The number of rotatable bonds is 4. The lowest BCUT2D eigenvalue weighted by Crippen LogP contribution is -2.54. The predicted molar refractivity (Wildman–Crippen MR) is 144 cm³/mol. The molecule has 4 aliphatic rings. The first-order valence-electron chi connectivity index (χ1n) is 14.0. The fourth-order valence-electron chi connectivity index (χ4n) is 7.02. The first kappa shape index (κ1) is 24.6. The van der Waals surface area contributed by atoms with Crippen molar-refractivity contribution in [2.24, 2.45) is 5.41 Å². The average molecular weight is 502 g/mol. The van der Waals surface area contributed by atoms with Crippen molar-refractivity contribution in [1.29, 1.82) is 0 Å². The zero-order valence-corrected chi connectivity index (χ0v) is 22.1. The quantitative estimate of drug-likeness (QED) is 0.667. The van der Waals surface area contributed by atoms with Gasteiger partial charge in [-0.05, 0) is 72.4 Å². The van der Waals surface area contributed by atoms with E-state index in [0.717, 1.165) is 44.5 Å². The maximum atomic E-state index is 13.5. The Morgan fingerprint density at radius 2 is 1.81 bits per heavy atom. The van der Waals surface area contributed by atoms with Crippen molar-refractivity contribution in [1.82, 2.24) is 15.1 Å². The number of aliphatic hydroxyl groups excluding tert-OH is 1. The van der Waals surface area contributed by atoms with Crippen LogP contribution in [0.25, 0.3) is 0 Å². The molecule has 2 aromatic carbocycles. The second kappa shape index (κ2) is 9.25. The van der Waals surface area contributed by atoms with Crippen molar-refractivity contribution < 1.29 is 14.7 Å². The van der Waals surface area contributed by atoms with Gasteiger partial charge in [0.2, 0.25) is 0 Å². The van der Waals surface area contributed by atoms with E-state index in [1.807, 2.05) is 35.2 Å². The summed E-state index contributed by atoms with van der Waals surface area (Å²) in [5, 5.41) is 14.6. The summed E-state index contributed by atoms with van der Waals surface area (Å²) in [4.78, 5) is 30.7. The minimum absolute atomic E-state index is 0.0616. The van der Waals surface area contributed by atoms with Gasteiger partial charge >= 0.3 is 0 Å². The predicted octanol–water partition coefficient (Wildman–Crippen LogP) is 3.90. The number of β-amino-alcohol motifs (C(OH)–C–C–N with tert-alkyl or cyclic N) is 1. The van der Waals surface area contributed by atoms with Crippen LogP contribution in [-0.2, 0) is 18.4 Å². The van der Waals surface area contributed by atoms with Gasteiger partial charge in [-0.15, -0.1) is 0 Å². The third kappa shape index (κ3) is 4.48. The number of likely N-dealkylation sites (tertiary alicyclic amines) is 1. The van der Waals surface area contributed by atoms with E-state index < -0.39 is 6.10 Å². The van der Waals surface area contributed by atoms with Crippen LogP contribution in [0, 0.1) is 5.41 Å². The summed E-state index contributed by atoms with van der Waals surface area (Å²) in [7, 11) is 0. The van der Waals surface area contributed by atoms with Gasteiger partial charge in [0.1, 0.15) is 0 Å². The zero-order valence-electron chi connectivity index (χ0n) is 22.1. The molecule has 6 rings (SSSR count). The summed E-state index contributed by atoms with van der Waals surface area (Å²) in [5.41, 5.74) is 4.99. The van der Waals surface area contributed by atoms with Gasteiger partial charge in [0, 0.05) is 55.3 Å². The van der Waals surface area contributed by atoms with Crippen molar-refractivity contribution in [2.45, 2.75) is 76.5 Å². The van der Waals surface area contributed by atoms with Crippen LogP contribution in [0.3, 0.4) is 0 Å². The van der Waals surface area contributed by atoms with Gasteiger partial charge in [0.25, 0.3) is 11.8 Å². The third-order valence-corrected chi connectivity index (χ3v) is 9.61. The van der Waals surface area contributed by atoms with Gasteiger partial charge in [-0.1, -0.05) is 44.5 Å². The van der Waals surface area contributed by atoms with Crippen LogP contribution in [0.15, 0.2) is 42.5 Å². The maximum Gasteiger partial charge on any atom is 0.254 e.